The van der Waals surface area contributed by atoms with Gasteiger partial charge in [-0.3, -0.25) is 0 Å². The Kier molecular flexibility index (Phi) is 4.94. The standard InChI is InChI=1S/C11H17ClN2O2S/c1-3-4-14-7-9-5-10(12)6-11(8(9)2)17(13,15)16/h5-6,14H,3-4,7H2,1-2H3,(H2,13,15,16). The van der Waals surface area contributed by atoms with Crippen molar-refractivity contribution in [3.63, 3.8) is 0 Å². The molecule has 0 saturated heterocycles. The highest BCUT2D eigenvalue weighted by atomic mass is 35.5. The number of benzene rings is 1. The molecule has 1 aromatic rings. The Morgan fingerprint density at radius 2 is 2.06 bits per heavy atom. The summed E-state index contributed by atoms with van der Waals surface area (Å²) < 4.78 is 22.8. The Morgan fingerprint density at radius 3 is 2.59 bits per heavy atom. The second-order valence-corrected chi connectivity index (χ2v) is 5.88. The van der Waals surface area contributed by atoms with Gasteiger partial charge in [-0.25, -0.2) is 13.6 Å². The summed E-state index contributed by atoms with van der Waals surface area (Å²) in [6, 6.07) is 3.14. The van der Waals surface area contributed by atoms with Gasteiger partial charge < -0.3 is 5.32 Å². The number of rotatable bonds is 5. The minimum atomic E-state index is -3.72. The van der Waals surface area contributed by atoms with Crippen LogP contribution in [0, 0.1) is 6.92 Å². The fraction of sp³-hybridized carbons (Fsp3) is 0.455. The molecule has 0 saturated carbocycles. The van der Waals surface area contributed by atoms with E-state index in [4.69, 9.17) is 16.7 Å². The van der Waals surface area contributed by atoms with Crippen molar-refractivity contribution in [2.75, 3.05) is 6.54 Å². The first-order valence-electron chi connectivity index (χ1n) is 5.38. The molecule has 3 N–H and O–H groups in total. The maximum absolute atomic E-state index is 11.4. The monoisotopic (exact) mass is 276 g/mol. The van der Waals surface area contributed by atoms with E-state index in [1.807, 2.05) is 0 Å². The number of primary sulfonamides is 1. The lowest BCUT2D eigenvalue weighted by atomic mass is 10.1. The third-order valence-corrected chi connectivity index (χ3v) is 3.74. The van der Waals surface area contributed by atoms with E-state index in [0.717, 1.165) is 18.5 Å². The van der Waals surface area contributed by atoms with Gasteiger partial charge in [0.15, 0.2) is 0 Å². The molecule has 0 amide bonds. The molecule has 6 heteroatoms. The van der Waals surface area contributed by atoms with Crippen LogP contribution in [0.15, 0.2) is 17.0 Å². The van der Waals surface area contributed by atoms with Crippen molar-refractivity contribution >= 4 is 21.6 Å². The molecule has 1 rings (SSSR count). The van der Waals surface area contributed by atoms with E-state index in [-0.39, 0.29) is 4.90 Å². The number of halogens is 1. The number of nitrogens with two attached hydrogens (primary N) is 1. The lowest BCUT2D eigenvalue weighted by molar-refractivity contribution is 0.596. The van der Waals surface area contributed by atoms with Gasteiger partial charge in [0.2, 0.25) is 10.0 Å². The van der Waals surface area contributed by atoms with Crippen LogP contribution in [0.3, 0.4) is 0 Å². The van der Waals surface area contributed by atoms with Gasteiger partial charge in [-0.2, -0.15) is 0 Å². The van der Waals surface area contributed by atoms with Crippen LogP contribution < -0.4 is 10.5 Å². The smallest absolute Gasteiger partial charge is 0.238 e. The summed E-state index contributed by atoms with van der Waals surface area (Å²) >= 11 is 5.89. The molecule has 0 unspecified atom stereocenters. The van der Waals surface area contributed by atoms with Crippen LogP contribution in [0.5, 0.6) is 0 Å². The average molecular weight is 277 g/mol. The third-order valence-electron chi connectivity index (χ3n) is 2.48. The van der Waals surface area contributed by atoms with E-state index < -0.39 is 10.0 Å². The first-order valence-corrected chi connectivity index (χ1v) is 7.31. The highest BCUT2D eigenvalue weighted by Gasteiger charge is 2.15. The van der Waals surface area contributed by atoms with Crippen molar-refractivity contribution in [2.24, 2.45) is 5.14 Å². The van der Waals surface area contributed by atoms with Crippen molar-refractivity contribution in [3.8, 4) is 0 Å². The molecule has 0 radical (unpaired) electrons. The predicted octanol–water partition coefficient (Wildman–Crippen LogP) is 1.80. The van der Waals surface area contributed by atoms with Crippen molar-refractivity contribution in [2.45, 2.75) is 31.7 Å². The number of hydrogen-bond donors (Lipinski definition) is 2. The molecule has 0 heterocycles. The first kappa shape index (κ1) is 14.4. The lowest BCUT2D eigenvalue weighted by Gasteiger charge is -2.11. The van der Waals surface area contributed by atoms with E-state index in [1.54, 1.807) is 13.0 Å². The molecule has 0 bridgehead atoms. The largest absolute Gasteiger partial charge is 0.313 e. The zero-order chi connectivity index (χ0) is 13.1. The number of sulfonamides is 1. The molecule has 17 heavy (non-hydrogen) atoms. The second-order valence-electron chi connectivity index (χ2n) is 3.91. The van der Waals surface area contributed by atoms with Crippen LogP contribution in [-0.2, 0) is 16.6 Å². The van der Waals surface area contributed by atoms with E-state index in [0.29, 0.717) is 17.1 Å². The van der Waals surface area contributed by atoms with Gasteiger partial charge in [0.25, 0.3) is 0 Å². The molecule has 4 nitrogen and oxygen atoms in total. The van der Waals surface area contributed by atoms with Crippen molar-refractivity contribution in [1.29, 1.82) is 0 Å². The molecule has 0 spiro atoms. The molecule has 96 valence electrons. The average Bonchev–Trinajstić information content (AvgIpc) is 2.21. The predicted molar refractivity (Wildman–Crippen MR) is 69.6 cm³/mol. The normalized spacial score (nSPS) is 11.8. The van der Waals surface area contributed by atoms with Gasteiger partial charge in [-0.05, 0) is 43.1 Å². The van der Waals surface area contributed by atoms with Gasteiger partial charge in [-0.15, -0.1) is 0 Å². The maximum atomic E-state index is 11.4. The Hall–Kier alpha value is -0.620. The van der Waals surface area contributed by atoms with Gasteiger partial charge in [-0.1, -0.05) is 18.5 Å². The van der Waals surface area contributed by atoms with E-state index in [1.165, 1.54) is 6.07 Å². The van der Waals surface area contributed by atoms with Gasteiger partial charge >= 0.3 is 0 Å². The topological polar surface area (TPSA) is 72.2 Å². The number of hydrogen-bond acceptors (Lipinski definition) is 3. The van der Waals surface area contributed by atoms with Crippen LogP contribution in [-0.4, -0.2) is 15.0 Å². The fourth-order valence-electron chi connectivity index (χ4n) is 1.59. The third kappa shape index (κ3) is 3.96. The second kappa shape index (κ2) is 5.82. The van der Waals surface area contributed by atoms with E-state index in [9.17, 15) is 8.42 Å². The van der Waals surface area contributed by atoms with Crippen LogP contribution in [0.2, 0.25) is 5.02 Å². The minimum Gasteiger partial charge on any atom is -0.313 e. The number of nitrogens with one attached hydrogen (secondary N) is 1. The molecule has 1 aromatic carbocycles. The Morgan fingerprint density at radius 1 is 1.41 bits per heavy atom. The Bertz CT molecular complexity index is 500. The molecule has 0 atom stereocenters. The summed E-state index contributed by atoms with van der Waals surface area (Å²) in [5.41, 5.74) is 1.51. The molecule has 0 aromatic heterocycles. The summed E-state index contributed by atoms with van der Waals surface area (Å²) in [7, 11) is -3.72. The molecule has 0 aliphatic heterocycles. The SMILES string of the molecule is CCCNCc1cc(Cl)cc(S(N)(=O)=O)c1C. The Labute approximate surface area is 107 Å². The summed E-state index contributed by atoms with van der Waals surface area (Å²) in [6.45, 7) is 5.26. The zero-order valence-electron chi connectivity index (χ0n) is 9.96. The molecular weight excluding hydrogens is 260 g/mol. The van der Waals surface area contributed by atoms with E-state index in [2.05, 4.69) is 12.2 Å². The van der Waals surface area contributed by atoms with Gasteiger partial charge in [0.1, 0.15) is 0 Å². The molecule has 0 fully saturated rings. The maximum Gasteiger partial charge on any atom is 0.238 e. The first-order chi connectivity index (χ1) is 7.86. The lowest BCUT2D eigenvalue weighted by Crippen LogP contribution is -2.18. The highest BCUT2D eigenvalue weighted by molar-refractivity contribution is 7.89. The summed E-state index contributed by atoms with van der Waals surface area (Å²) in [5, 5.41) is 8.73. The van der Waals surface area contributed by atoms with Crippen LogP contribution in [0.25, 0.3) is 0 Å². The summed E-state index contributed by atoms with van der Waals surface area (Å²) in [5.74, 6) is 0. The molecule has 0 aliphatic carbocycles. The van der Waals surface area contributed by atoms with Crippen LogP contribution in [0.4, 0.5) is 0 Å². The van der Waals surface area contributed by atoms with Crippen molar-refractivity contribution in [1.82, 2.24) is 5.32 Å². The minimum absolute atomic E-state index is 0.0956. The van der Waals surface area contributed by atoms with E-state index >= 15 is 0 Å². The highest BCUT2D eigenvalue weighted by Crippen LogP contribution is 2.23. The fourth-order valence-corrected chi connectivity index (χ4v) is 2.74. The van der Waals surface area contributed by atoms with Crippen molar-refractivity contribution < 1.29 is 8.42 Å². The quantitative estimate of drug-likeness (QED) is 0.806. The van der Waals surface area contributed by atoms with Gasteiger partial charge in [0.05, 0.1) is 4.90 Å². The molecular formula is C11H17ClN2O2S. The molecule has 0 aliphatic rings. The Balaban J connectivity index is 3.11. The van der Waals surface area contributed by atoms with Crippen LogP contribution in [0.1, 0.15) is 24.5 Å². The van der Waals surface area contributed by atoms with Gasteiger partial charge in [0, 0.05) is 11.6 Å². The van der Waals surface area contributed by atoms with Crippen molar-refractivity contribution in [3.05, 3.63) is 28.3 Å². The zero-order valence-corrected chi connectivity index (χ0v) is 11.5. The summed E-state index contributed by atoms with van der Waals surface area (Å²) in [4.78, 5) is 0.0956. The van der Waals surface area contributed by atoms with Crippen LogP contribution >= 0.6 is 11.6 Å². The summed E-state index contributed by atoms with van der Waals surface area (Å²) in [6.07, 6.45) is 1.02.